The molecule has 0 spiro atoms. The third-order valence-corrected chi connectivity index (χ3v) is 5.26. The Morgan fingerprint density at radius 1 is 1.14 bits per heavy atom. The number of guanidine groups is 1. The van der Waals surface area contributed by atoms with Crippen molar-refractivity contribution in [2.75, 3.05) is 65.5 Å². The molecule has 2 unspecified atom stereocenters. The topological polar surface area (TPSA) is 43.3 Å². The van der Waals surface area contributed by atoms with Gasteiger partial charge in [-0.2, -0.15) is 13.2 Å². The van der Waals surface area contributed by atoms with Crippen LogP contribution in [-0.2, 0) is 4.74 Å². The van der Waals surface area contributed by atoms with Gasteiger partial charge in [-0.1, -0.05) is 13.8 Å². The lowest BCUT2D eigenvalue weighted by molar-refractivity contribution is -0.181. The molecule has 0 aromatic rings. The van der Waals surface area contributed by atoms with Crippen LogP contribution in [0.15, 0.2) is 4.99 Å². The first kappa shape index (κ1) is 23.2. The highest BCUT2D eigenvalue weighted by Crippen LogP contribution is 2.25. The molecule has 0 saturated carbocycles. The summed E-state index contributed by atoms with van der Waals surface area (Å²) in [5, 5.41) is 3.28. The number of ether oxygens (including phenoxy) is 1. The van der Waals surface area contributed by atoms with Crippen LogP contribution in [0.5, 0.6) is 0 Å². The van der Waals surface area contributed by atoms with Gasteiger partial charge in [-0.3, -0.25) is 14.8 Å². The number of nitrogens with zero attached hydrogens (tertiary/aromatic N) is 4. The van der Waals surface area contributed by atoms with Gasteiger partial charge in [-0.25, -0.2) is 0 Å². The molecule has 0 radical (unpaired) electrons. The lowest BCUT2D eigenvalue weighted by Crippen LogP contribution is -2.57. The van der Waals surface area contributed by atoms with Gasteiger partial charge in [0.1, 0.15) is 6.04 Å². The number of halogens is 3. The Kier molecular flexibility index (Phi) is 8.82. The fourth-order valence-electron chi connectivity index (χ4n) is 3.72. The molecule has 2 fully saturated rings. The molecule has 2 heterocycles. The quantitative estimate of drug-likeness (QED) is 0.538. The highest BCUT2D eigenvalue weighted by molar-refractivity contribution is 5.80. The first-order valence-corrected chi connectivity index (χ1v) is 10.4. The van der Waals surface area contributed by atoms with Crippen LogP contribution < -0.4 is 5.32 Å². The van der Waals surface area contributed by atoms with Crippen molar-refractivity contribution in [1.82, 2.24) is 20.0 Å². The fourth-order valence-corrected chi connectivity index (χ4v) is 3.72. The summed E-state index contributed by atoms with van der Waals surface area (Å²) in [6, 6.07) is -1.41. The van der Waals surface area contributed by atoms with E-state index in [1.165, 1.54) is 11.8 Å². The molecule has 2 atom stereocenters. The molecule has 6 nitrogen and oxygen atoms in total. The van der Waals surface area contributed by atoms with Gasteiger partial charge in [0.2, 0.25) is 0 Å². The molecule has 164 valence electrons. The monoisotopic (exact) mass is 407 g/mol. The molecule has 0 aromatic heterocycles. The van der Waals surface area contributed by atoms with Crippen molar-refractivity contribution in [1.29, 1.82) is 0 Å². The number of morpholine rings is 1. The maximum absolute atomic E-state index is 12.9. The van der Waals surface area contributed by atoms with E-state index in [2.05, 4.69) is 29.0 Å². The largest absolute Gasteiger partial charge is 0.403 e. The molecular formula is C19H36F3N5O. The van der Waals surface area contributed by atoms with Crippen molar-refractivity contribution in [2.24, 2.45) is 10.9 Å². The van der Waals surface area contributed by atoms with Crippen LogP contribution in [-0.4, -0.2) is 104 Å². The predicted octanol–water partition coefficient (Wildman–Crippen LogP) is 1.88. The summed E-state index contributed by atoms with van der Waals surface area (Å²) in [5.74, 6) is 1.39. The van der Waals surface area contributed by atoms with Gasteiger partial charge in [0.25, 0.3) is 0 Å². The van der Waals surface area contributed by atoms with Crippen LogP contribution in [0.3, 0.4) is 0 Å². The van der Waals surface area contributed by atoms with E-state index in [9.17, 15) is 13.2 Å². The second-order valence-electron chi connectivity index (χ2n) is 8.08. The van der Waals surface area contributed by atoms with E-state index in [0.29, 0.717) is 38.6 Å². The van der Waals surface area contributed by atoms with E-state index < -0.39 is 12.2 Å². The average molecular weight is 408 g/mol. The van der Waals surface area contributed by atoms with Gasteiger partial charge < -0.3 is 15.0 Å². The lowest BCUT2D eigenvalue weighted by Gasteiger charge is -2.40. The average Bonchev–Trinajstić information content (AvgIpc) is 2.64. The smallest absolute Gasteiger partial charge is 0.374 e. The van der Waals surface area contributed by atoms with E-state index in [4.69, 9.17) is 9.73 Å². The first-order valence-electron chi connectivity index (χ1n) is 10.4. The van der Waals surface area contributed by atoms with Crippen LogP contribution >= 0.6 is 0 Å². The van der Waals surface area contributed by atoms with Gasteiger partial charge in [0, 0.05) is 52.4 Å². The van der Waals surface area contributed by atoms with Crippen LogP contribution in [0, 0.1) is 5.92 Å². The van der Waals surface area contributed by atoms with E-state index in [0.717, 1.165) is 38.7 Å². The molecule has 2 aliphatic rings. The van der Waals surface area contributed by atoms with Crippen LogP contribution in [0.4, 0.5) is 13.2 Å². The molecule has 0 aromatic carbocycles. The Hall–Kier alpha value is -1.06. The molecule has 2 aliphatic heterocycles. The number of nitrogens with one attached hydrogen (secondary N) is 1. The highest BCUT2D eigenvalue weighted by Gasteiger charge is 2.41. The number of hydrogen-bond donors (Lipinski definition) is 1. The predicted molar refractivity (Wildman–Crippen MR) is 106 cm³/mol. The SMILES string of the molecule is CCNC(=NCC1CN(CC(C)C)CCO1)N1CCN(C(C)C(F)(F)F)CC1. The summed E-state index contributed by atoms with van der Waals surface area (Å²) in [7, 11) is 0. The molecule has 1 N–H and O–H groups in total. The Morgan fingerprint density at radius 2 is 1.82 bits per heavy atom. The second kappa shape index (κ2) is 10.6. The van der Waals surface area contributed by atoms with E-state index in [1.807, 2.05) is 6.92 Å². The van der Waals surface area contributed by atoms with E-state index >= 15 is 0 Å². The standard InChI is InChI=1S/C19H36F3N5O/c1-5-23-18(24-12-17-14-25(10-11-28-17)13-15(2)3)27-8-6-26(7-9-27)16(4)19(20,21)22/h15-17H,5-14H2,1-4H3,(H,23,24). The van der Waals surface area contributed by atoms with Crippen LogP contribution in [0.1, 0.15) is 27.7 Å². The summed E-state index contributed by atoms with van der Waals surface area (Å²) < 4.78 is 44.7. The third-order valence-electron chi connectivity index (χ3n) is 5.26. The van der Waals surface area contributed by atoms with Crippen molar-refractivity contribution in [2.45, 2.75) is 46.0 Å². The minimum Gasteiger partial charge on any atom is -0.374 e. The van der Waals surface area contributed by atoms with Crippen LogP contribution in [0.25, 0.3) is 0 Å². The molecular weight excluding hydrogens is 371 g/mol. The summed E-state index contributed by atoms with van der Waals surface area (Å²) >= 11 is 0. The molecule has 28 heavy (non-hydrogen) atoms. The van der Waals surface area contributed by atoms with Crippen molar-refractivity contribution < 1.29 is 17.9 Å². The minimum absolute atomic E-state index is 0.0627. The Balaban J connectivity index is 1.89. The number of piperazine rings is 1. The zero-order valence-corrected chi connectivity index (χ0v) is 17.6. The van der Waals surface area contributed by atoms with Crippen molar-refractivity contribution in [3.8, 4) is 0 Å². The van der Waals surface area contributed by atoms with Gasteiger partial charge in [0.05, 0.1) is 19.3 Å². The molecule has 0 aliphatic carbocycles. The molecule has 0 amide bonds. The first-order chi connectivity index (χ1) is 13.2. The van der Waals surface area contributed by atoms with Crippen LogP contribution in [0.2, 0.25) is 0 Å². The maximum Gasteiger partial charge on any atom is 0.403 e. The van der Waals surface area contributed by atoms with E-state index in [-0.39, 0.29) is 6.10 Å². The van der Waals surface area contributed by atoms with Gasteiger partial charge in [-0.15, -0.1) is 0 Å². The zero-order valence-electron chi connectivity index (χ0n) is 17.6. The summed E-state index contributed by atoms with van der Waals surface area (Å²) in [6.07, 6.45) is -4.12. The van der Waals surface area contributed by atoms with Crippen molar-refractivity contribution in [3.63, 3.8) is 0 Å². The number of rotatable bonds is 6. The number of hydrogen-bond acceptors (Lipinski definition) is 4. The molecule has 2 saturated heterocycles. The summed E-state index contributed by atoms with van der Waals surface area (Å²) in [6.45, 7) is 14.4. The minimum atomic E-state index is -4.18. The number of alkyl halides is 3. The second-order valence-corrected chi connectivity index (χ2v) is 8.08. The van der Waals surface area contributed by atoms with Gasteiger partial charge >= 0.3 is 6.18 Å². The normalized spacial score (nSPS) is 24.6. The van der Waals surface area contributed by atoms with Gasteiger partial charge in [0.15, 0.2) is 5.96 Å². The van der Waals surface area contributed by atoms with Gasteiger partial charge in [-0.05, 0) is 19.8 Å². The van der Waals surface area contributed by atoms with Crippen molar-refractivity contribution >= 4 is 5.96 Å². The molecule has 2 rings (SSSR count). The third kappa shape index (κ3) is 7.08. The Bertz CT molecular complexity index is 492. The summed E-state index contributed by atoms with van der Waals surface area (Å²) in [5.41, 5.74) is 0. The highest BCUT2D eigenvalue weighted by atomic mass is 19.4. The summed E-state index contributed by atoms with van der Waals surface area (Å²) in [4.78, 5) is 10.7. The lowest BCUT2D eigenvalue weighted by atomic mass is 10.2. The van der Waals surface area contributed by atoms with Crippen molar-refractivity contribution in [3.05, 3.63) is 0 Å². The van der Waals surface area contributed by atoms with E-state index in [1.54, 1.807) is 0 Å². The molecule has 9 heteroatoms. The maximum atomic E-state index is 12.9. The Morgan fingerprint density at radius 3 is 2.39 bits per heavy atom. The fraction of sp³-hybridized carbons (Fsp3) is 0.947. The molecule has 0 bridgehead atoms. The number of aliphatic imine (C=N–C) groups is 1. The zero-order chi connectivity index (χ0) is 20.7. The Labute approximate surface area is 167 Å².